The zero-order chi connectivity index (χ0) is 17.2. The van der Waals surface area contributed by atoms with Crippen LogP contribution in [0.3, 0.4) is 0 Å². The second-order valence-corrected chi connectivity index (χ2v) is 8.24. The van der Waals surface area contributed by atoms with E-state index < -0.39 is 0 Å². The van der Waals surface area contributed by atoms with Crippen LogP contribution in [0, 0.1) is 0 Å². The maximum Gasteiger partial charge on any atom is 0.185 e. The van der Waals surface area contributed by atoms with Crippen LogP contribution in [0.15, 0.2) is 23.2 Å². The van der Waals surface area contributed by atoms with Gasteiger partial charge in [0.05, 0.1) is 15.9 Å². The van der Waals surface area contributed by atoms with E-state index in [9.17, 15) is 0 Å². The van der Waals surface area contributed by atoms with Crippen molar-refractivity contribution in [1.82, 2.24) is 20.3 Å². The van der Waals surface area contributed by atoms with Crippen LogP contribution < -0.4 is 15.1 Å². The van der Waals surface area contributed by atoms with Gasteiger partial charge < -0.3 is 15.1 Å². The SMILES string of the molecule is CN(C)c1nc(CNC2CCN(c3ncnc4ccsc34)CC2)cs1. The lowest BCUT2D eigenvalue weighted by molar-refractivity contribution is 0.411. The van der Waals surface area contributed by atoms with Crippen LogP contribution in [-0.4, -0.2) is 48.2 Å². The van der Waals surface area contributed by atoms with Crippen LogP contribution in [0.2, 0.25) is 0 Å². The predicted octanol–water partition coefficient (Wildman–Crippen LogP) is 2.97. The largest absolute Gasteiger partial charge is 0.355 e. The molecule has 4 heterocycles. The van der Waals surface area contributed by atoms with Crippen molar-refractivity contribution >= 4 is 43.8 Å². The van der Waals surface area contributed by atoms with E-state index in [1.807, 2.05) is 14.1 Å². The van der Waals surface area contributed by atoms with Crippen LogP contribution in [0.25, 0.3) is 10.2 Å². The second kappa shape index (κ2) is 7.23. The van der Waals surface area contributed by atoms with E-state index in [1.54, 1.807) is 29.0 Å². The molecule has 0 unspecified atom stereocenters. The molecule has 8 heteroatoms. The van der Waals surface area contributed by atoms with Crippen molar-refractivity contribution in [1.29, 1.82) is 0 Å². The summed E-state index contributed by atoms with van der Waals surface area (Å²) in [4.78, 5) is 18.0. The van der Waals surface area contributed by atoms with Crippen LogP contribution in [0.5, 0.6) is 0 Å². The normalized spacial score (nSPS) is 15.8. The summed E-state index contributed by atoms with van der Waals surface area (Å²) in [5, 5.41) is 8.96. The first kappa shape index (κ1) is 16.7. The lowest BCUT2D eigenvalue weighted by Crippen LogP contribution is -2.42. The Morgan fingerprint density at radius 3 is 2.84 bits per heavy atom. The topological polar surface area (TPSA) is 57.2 Å². The molecule has 1 aliphatic rings. The van der Waals surface area contributed by atoms with E-state index in [0.29, 0.717) is 6.04 Å². The van der Waals surface area contributed by atoms with Gasteiger partial charge in [-0.2, -0.15) is 0 Å². The highest BCUT2D eigenvalue weighted by atomic mass is 32.1. The Balaban J connectivity index is 1.33. The minimum Gasteiger partial charge on any atom is -0.355 e. The summed E-state index contributed by atoms with van der Waals surface area (Å²) in [7, 11) is 4.06. The van der Waals surface area contributed by atoms with Crippen molar-refractivity contribution in [3.63, 3.8) is 0 Å². The number of anilines is 2. The number of thiophene rings is 1. The fourth-order valence-electron chi connectivity index (χ4n) is 3.13. The van der Waals surface area contributed by atoms with E-state index >= 15 is 0 Å². The summed E-state index contributed by atoms with van der Waals surface area (Å²) in [6.07, 6.45) is 3.93. The Morgan fingerprint density at radius 2 is 2.08 bits per heavy atom. The molecule has 0 aliphatic carbocycles. The molecule has 25 heavy (non-hydrogen) atoms. The third kappa shape index (κ3) is 3.61. The van der Waals surface area contributed by atoms with Gasteiger partial charge in [-0.05, 0) is 24.3 Å². The first-order chi connectivity index (χ1) is 12.2. The van der Waals surface area contributed by atoms with Gasteiger partial charge >= 0.3 is 0 Å². The Bertz CT molecular complexity index is 834. The van der Waals surface area contributed by atoms with Crippen LogP contribution in [0.4, 0.5) is 10.9 Å². The van der Waals surface area contributed by atoms with Gasteiger partial charge in [-0.3, -0.25) is 0 Å². The van der Waals surface area contributed by atoms with Crippen molar-refractivity contribution in [2.45, 2.75) is 25.4 Å². The van der Waals surface area contributed by atoms with Crippen molar-refractivity contribution < 1.29 is 0 Å². The lowest BCUT2D eigenvalue weighted by atomic mass is 10.0. The van der Waals surface area contributed by atoms with Crippen molar-refractivity contribution in [3.8, 4) is 0 Å². The lowest BCUT2D eigenvalue weighted by Gasteiger charge is -2.33. The molecular formula is C17H22N6S2. The Morgan fingerprint density at radius 1 is 1.24 bits per heavy atom. The van der Waals surface area contributed by atoms with Crippen LogP contribution in [-0.2, 0) is 6.54 Å². The molecule has 0 amide bonds. The summed E-state index contributed by atoms with van der Waals surface area (Å²) in [5.41, 5.74) is 2.18. The molecule has 0 radical (unpaired) electrons. The minimum atomic E-state index is 0.543. The number of aromatic nitrogens is 3. The standard InChI is InChI=1S/C17H22N6S2/c1-22(2)17-21-13(10-25-17)9-18-12-3-6-23(7-4-12)16-15-14(5-8-24-15)19-11-20-16/h5,8,10-12,18H,3-4,6-7,9H2,1-2H3. The molecule has 0 saturated carbocycles. The molecule has 4 rings (SSSR count). The number of hydrogen-bond acceptors (Lipinski definition) is 8. The number of thiazole rings is 1. The highest BCUT2D eigenvalue weighted by Gasteiger charge is 2.22. The van der Waals surface area contributed by atoms with Gasteiger partial charge in [0.15, 0.2) is 5.13 Å². The molecule has 6 nitrogen and oxygen atoms in total. The highest BCUT2D eigenvalue weighted by molar-refractivity contribution is 7.17. The van der Waals surface area contributed by atoms with Gasteiger partial charge in [0, 0.05) is 45.2 Å². The molecule has 0 bridgehead atoms. The minimum absolute atomic E-state index is 0.543. The van der Waals surface area contributed by atoms with Crippen LogP contribution >= 0.6 is 22.7 Å². The second-order valence-electron chi connectivity index (χ2n) is 6.49. The maximum absolute atomic E-state index is 4.64. The van der Waals surface area contributed by atoms with E-state index in [1.165, 1.54) is 4.70 Å². The van der Waals surface area contributed by atoms with Gasteiger partial charge in [-0.1, -0.05) is 0 Å². The predicted molar refractivity (Wildman–Crippen MR) is 106 cm³/mol. The molecule has 0 aromatic carbocycles. The van der Waals surface area contributed by atoms with E-state index in [0.717, 1.165) is 54.6 Å². The fraction of sp³-hybridized carbons (Fsp3) is 0.471. The fourth-order valence-corrected chi connectivity index (χ4v) is 4.75. The summed E-state index contributed by atoms with van der Waals surface area (Å²) >= 11 is 3.42. The summed E-state index contributed by atoms with van der Waals surface area (Å²) in [6, 6.07) is 2.61. The van der Waals surface area contributed by atoms with Crippen molar-refractivity contribution in [2.75, 3.05) is 37.0 Å². The van der Waals surface area contributed by atoms with E-state index in [4.69, 9.17) is 0 Å². The number of piperidine rings is 1. The molecule has 1 fully saturated rings. The quantitative estimate of drug-likeness (QED) is 0.741. The molecule has 132 valence electrons. The zero-order valence-electron chi connectivity index (χ0n) is 14.5. The summed E-state index contributed by atoms with van der Waals surface area (Å²) in [6.45, 7) is 2.90. The molecule has 3 aromatic rings. The molecule has 0 atom stereocenters. The molecule has 1 N–H and O–H groups in total. The number of rotatable bonds is 5. The first-order valence-corrected chi connectivity index (χ1v) is 10.2. The number of nitrogens with zero attached hydrogens (tertiary/aromatic N) is 5. The van der Waals surface area contributed by atoms with Crippen LogP contribution in [0.1, 0.15) is 18.5 Å². The third-order valence-corrected chi connectivity index (χ3v) is 6.47. The summed E-state index contributed by atoms with van der Waals surface area (Å²) < 4.78 is 1.20. The smallest absolute Gasteiger partial charge is 0.185 e. The molecule has 1 aliphatic heterocycles. The number of fused-ring (bicyclic) bond motifs is 1. The van der Waals surface area contributed by atoms with Crippen molar-refractivity contribution in [2.24, 2.45) is 0 Å². The van der Waals surface area contributed by atoms with Gasteiger partial charge in [0.2, 0.25) is 0 Å². The molecule has 1 saturated heterocycles. The molecule has 3 aromatic heterocycles. The number of hydrogen-bond donors (Lipinski definition) is 1. The highest BCUT2D eigenvalue weighted by Crippen LogP contribution is 2.29. The van der Waals surface area contributed by atoms with Gasteiger partial charge in [-0.15, -0.1) is 22.7 Å². The Hall–Kier alpha value is -1.77. The monoisotopic (exact) mass is 374 g/mol. The van der Waals surface area contributed by atoms with E-state index in [-0.39, 0.29) is 0 Å². The Kier molecular flexibility index (Phi) is 4.82. The Labute approximate surface area is 155 Å². The zero-order valence-corrected chi connectivity index (χ0v) is 16.1. The van der Waals surface area contributed by atoms with E-state index in [2.05, 4.69) is 46.9 Å². The maximum atomic E-state index is 4.64. The van der Waals surface area contributed by atoms with Crippen molar-refractivity contribution in [3.05, 3.63) is 28.8 Å². The van der Waals surface area contributed by atoms with Gasteiger partial charge in [0.1, 0.15) is 12.1 Å². The summed E-state index contributed by atoms with van der Waals surface area (Å²) in [5.74, 6) is 1.09. The molecular weight excluding hydrogens is 352 g/mol. The average molecular weight is 375 g/mol. The first-order valence-electron chi connectivity index (χ1n) is 8.49. The molecule has 0 spiro atoms. The van der Waals surface area contributed by atoms with Gasteiger partial charge in [0.25, 0.3) is 0 Å². The number of nitrogens with one attached hydrogen (secondary N) is 1. The van der Waals surface area contributed by atoms with Gasteiger partial charge in [-0.25, -0.2) is 15.0 Å². The average Bonchev–Trinajstić information content (AvgIpc) is 3.29. The third-order valence-electron chi connectivity index (χ3n) is 4.51.